The van der Waals surface area contributed by atoms with Crippen LogP contribution in [0, 0.1) is 10.1 Å². The third-order valence-corrected chi connectivity index (χ3v) is 4.96. The van der Waals surface area contributed by atoms with E-state index >= 15 is 0 Å². The molecule has 0 bridgehead atoms. The second-order valence-corrected chi connectivity index (χ2v) is 7.18. The van der Waals surface area contributed by atoms with E-state index in [1.54, 1.807) is 17.0 Å². The zero-order chi connectivity index (χ0) is 21.9. The van der Waals surface area contributed by atoms with Crippen molar-refractivity contribution in [3.05, 3.63) is 63.2 Å². The van der Waals surface area contributed by atoms with Crippen LogP contribution in [0.5, 0.6) is 0 Å². The van der Waals surface area contributed by atoms with E-state index in [2.05, 4.69) is 5.32 Å². The highest BCUT2D eigenvalue weighted by atomic mass is 35.5. The molecule has 0 unspecified atom stereocenters. The molecular weight excluding hydrogens is 425 g/mol. The number of hydrogen-bond donors (Lipinski definition) is 1. The summed E-state index contributed by atoms with van der Waals surface area (Å²) in [5.74, 6) is -0.558. The molecule has 0 atom stereocenters. The van der Waals surface area contributed by atoms with Crippen molar-refractivity contribution in [3.8, 4) is 0 Å². The maximum Gasteiger partial charge on any atom is 0.418 e. The number of piperazine rings is 1. The quantitative estimate of drug-likeness (QED) is 0.558. The normalized spacial score (nSPS) is 15.1. The molecule has 1 fully saturated rings. The molecule has 0 spiro atoms. The molecule has 160 valence electrons. The number of nitrogens with one attached hydrogen (secondary N) is 1. The maximum atomic E-state index is 13.1. The highest BCUT2D eigenvalue weighted by Crippen LogP contribution is 2.34. The van der Waals surface area contributed by atoms with Gasteiger partial charge in [0.15, 0.2) is 0 Å². The van der Waals surface area contributed by atoms with Crippen molar-refractivity contribution in [2.75, 3.05) is 42.9 Å². The molecule has 1 aliphatic rings. The molecular formula is C19H18ClF3N4O3. The fourth-order valence-corrected chi connectivity index (χ4v) is 3.46. The Morgan fingerprint density at radius 1 is 1.13 bits per heavy atom. The van der Waals surface area contributed by atoms with Gasteiger partial charge < -0.3 is 10.2 Å². The number of nitrogens with zero attached hydrogens (tertiary/aromatic N) is 3. The van der Waals surface area contributed by atoms with Crippen LogP contribution < -0.4 is 10.2 Å². The van der Waals surface area contributed by atoms with E-state index < -0.39 is 22.6 Å². The zero-order valence-electron chi connectivity index (χ0n) is 15.7. The Hall–Kier alpha value is -2.85. The van der Waals surface area contributed by atoms with Crippen LogP contribution in [0.4, 0.5) is 30.2 Å². The van der Waals surface area contributed by atoms with E-state index in [0.29, 0.717) is 31.9 Å². The molecule has 30 heavy (non-hydrogen) atoms. The van der Waals surface area contributed by atoms with Crippen LogP contribution in [-0.4, -0.2) is 48.5 Å². The van der Waals surface area contributed by atoms with Gasteiger partial charge in [0.05, 0.1) is 22.7 Å². The van der Waals surface area contributed by atoms with E-state index in [0.717, 1.165) is 6.07 Å². The third kappa shape index (κ3) is 5.19. The number of anilines is 2. The van der Waals surface area contributed by atoms with Gasteiger partial charge in [0.25, 0.3) is 5.69 Å². The highest BCUT2D eigenvalue weighted by Gasteiger charge is 2.33. The SMILES string of the molecule is O=C(CN1CCN(c2ccc(Cl)cc2[N+](=O)[O-])CC1)Nc1ccccc1C(F)(F)F. The Bertz CT molecular complexity index is 947. The number of carbonyl (C=O) groups is 1. The van der Waals surface area contributed by atoms with Crippen LogP contribution in [0.25, 0.3) is 0 Å². The first kappa shape index (κ1) is 21.8. The molecule has 2 aromatic rings. The largest absolute Gasteiger partial charge is 0.418 e. The van der Waals surface area contributed by atoms with Crippen molar-refractivity contribution >= 4 is 34.6 Å². The molecule has 1 heterocycles. The lowest BCUT2D eigenvalue weighted by Crippen LogP contribution is -2.48. The molecule has 1 aliphatic heterocycles. The van der Waals surface area contributed by atoms with Gasteiger partial charge in [-0.2, -0.15) is 13.2 Å². The van der Waals surface area contributed by atoms with E-state index in [9.17, 15) is 28.1 Å². The van der Waals surface area contributed by atoms with E-state index in [1.807, 2.05) is 4.90 Å². The number of para-hydroxylation sites is 1. The monoisotopic (exact) mass is 442 g/mol. The molecule has 0 radical (unpaired) electrons. The molecule has 2 aromatic carbocycles. The Labute approximate surface area is 175 Å². The second kappa shape index (κ2) is 8.88. The van der Waals surface area contributed by atoms with Gasteiger partial charge in [-0.3, -0.25) is 19.8 Å². The summed E-state index contributed by atoms with van der Waals surface area (Å²) in [5.41, 5.74) is -0.853. The predicted molar refractivity (Wildman–Crippen MR) is 107 cm³/mol. The lowest BCUT2D eigenvalue weighted by atomic mass is 10.1. The van der Waals surface area contributed by atoms with Crippen LogP contribution in [0.2, 0.25) is 5.02 Å². The fraction of sp³-hybridized carbons (Fsp3) is 0.316. The number of nitro benzene ring substituents is 1. The maximum absolute atomic E-state index is 13.1. The minimum atomic E-state index is -4.57. The Morgan fingerprint density at radius 2 is 1.80 bits per heavy atom. The summed E-state index contributed by atoms with van der Waals surface area (Å²) in [6.45, 7) is 1.62. The van der Waals surface area contributed by atoms with Gasteiger partial charge in [0.2, 0.25) is 5.91 Å². The minimum absolute atomic E-state index is 0.0806. The summed E-state index contributed by atoms with van der Waals surface area (Å²) in [4.78, 5) is 26.6. The van der Waals surface area contributed by atoms with Gasteiger partial charge >= 0.3 is 6.18 Å². The molecule has 11 heteroatoms. The van der Waals surface area contributed by atoms with E-state index in [1.165, 1.54) is 24.3 Å². The predicted octanol–water partition coefficient (Wildman–Crippen LogP) is 4.03. The first-order chi connectivity index (χ1) is 14.1. The Kier molecular flexibility index (Phi) is 6.47. The summed E-state index contributed by atoms with van der Waals surface area (Å²) < 4.78 is 39.2. The van der Waals surface area contributed by atoms with Gasteiger partial charge in [-0.25, -0.2) is 0 Å². The topological polar surface area (TPSA) is 78.7 Å². The average Bonchev–Trinajstić information content (AvgIpc) is 2.68. The number of carbonyl (C=O) groups excluding carboxylic acids is 1. The molecule has 1 N–H and O–H groups in total. The summed E-state index contributed by atoms with van der Waals surface area (Å²) >= 11 is 5.84. The Morgan fingerprint density at radius 3 is 2.43 bits per heavy atom. The Balaban J connectivity index is 1.60. The van der Waals surface area contributed by atoms with Crippen molar-refractivity contribution in [3.63, 3.8) is 0 Å². The third-order valence-electron chi connectivity index (χ3n) is 4.72. The minimum Gasteiger partial charge on any atom is -0.363 e. The van der Waals surface area contributed by atoms with Gasteiger partial charge in [-0.05, 0) is 24.3 Å². The number of alkyl halides is 3. The summed E-state index contributed by atoms with van der Waals surface area (Å²) in [6.07, 6.45) is -4.57. The number of nitro groups is 1. The van der Waals surface area contributed by atoms with Crippen LogP contribution in [-0.2, 0) is 11.0 Å². The van der Waals surface area contributed by atoms with Crippen molar-refractivity contribution in [1.82, 2.24) is 4.90 Å². The van der Waals surface area contributed by atoms with Gasteiger partial charge in [0, 0.05) is 37.3 Å². The van der Waals surface area contributed by atoms with Crippen LogP contribution >= 0.6 is 11.6 Å². The summed E-state index contributed by atoms with van der Waals surface area (Å²) in [7, 11) is 0. The highest BCUT2D eigenvalue weighted by molar-refractivity contribution is 6.30. The van der Waals surface area contributed by atoms with E-state index in [-0.39, 0.29) is 22.9 Å². The molecule has 1 amide bonds. The number of halogens is 4. The van der Waals surface area contributed by atoms with Gasteiger partial charge in [0.1, 0.15) is 5.69 Å². The number of benzene rings is 2. The van der Waals surface area contributed by atoms with Gasteiger partial charge in [-0.1, -0.05) is 23.7 Å². The van der Waals surface area contributed by atoms with Crippen molar-refractivity contribution in [2.24, 2.45) is 0 Å². The summed E-state index contributed by atoms with van der Waals surface area (Å²) in [6, 6.07) is 9.23. The fourth-order valence-electron chi connectivity index (χ4n) is 3.29. The van der Waals surface area contributed by atoms with E-state index in [4.69, 9.17) is 11.6 Å². The number of amides is 1. The van der Waals surface area contributed by atoms with Crippen LogP contribution in [0.3, 0.4) is 0 Å². The van der Waals surface area contributed by atoms with Crippen LogP contribution in [0.1, 0.15) is 5.56 Å². The van der Waals surface area contributed by atoms with Crippen molar-refractivity contribution in [1.29, 1.82) is 0 Å². The second-order valence-electron chi connectivity index (χ2n) is 6.74. The number of rotatable bonds is 5. The molecule has 0 aromatic heterocycles. The smallest absolute Gasteiger partial charge is 0.363 e. The van der Waals surface area contributed by atoms with Crippen molar-refractivity contribution in [2.45, 2.75) is 6.18 Å². The lowest BCUT2D eigenvalue weighted by molar-refractivity contribution is -0.384. The average molecular weight is 443 g/mol. The standard InChI is InChI=1S/C19H18ClF3N4O3/c20-13-5-6-16(17(11-13)27(29)30)26-9-7-25(8-10-26)12-18(28)24-15-4-2-1-3-14(15)19(21,22)23/h1-6,11H,7-10,12H2,(H,24,28). The first-order valence-corrected chi connectivity index (χ1v) is 9.40. The lowest BCUT2D eigenvalue weighted by Gasteiger charge is -2.35. The summed E-state index contributed by atoms with van der Waals surface area (Å²) in [5, 5.41) is 13.9. The van der Waals surface area contributed by atoms with Gasteiger partial charge in [-0.15, -0.1) is 0 Å². The molecule has 3 rings (SSSR count). The number of hydrogen-bond acceptors (Lipinski definition) is 5. The van der Waals surface area contributed by atoms with Crippen LogP contribution in [0.15, 0.2) is 42.5 Å². The molecule has 7 nitrogen and oxygen atoms in total. The molecule has 0 aliphatic carbocycles. The first-order valence-electron chi connectivity index (χ1n) is 9.02. The molecule has 0 saturated carbocycles. The zero-order valence-corrected chi connectivity index (χ0v) is 16.4. The molecule has 1 saturated heterocycles. The van der Waals surface area contributed by atoms with Crippen molar-refractivity contribution < 1.29 is 22.9 Å².